The summed E-state index contributed by atoms with van der Waals surface area (Å²) in [6.07, 6.45) is 0. The van der Waals surface area contributed by atoms with Crippen molar-refractivity contribution in [3.63, 3.8) is 0 Å². The summed E-state index contributed by atoms with van der Waals surface area (Å²) < 4.78 is 32.4. The number of carbonyl (C=O) groups is 1. The van der Waals surface area contributed by atoms with Crippen molar-refractivity contribution in [2.24, 2.45) is 0 Å². The van der Waals surface area contributed by atoms with E-state index in [0.29, 0.717) is 29.4 Å². The molecule has 0 saturated heterocycles. The van der Waals surface area contributed by atoms with E-state index in [1.807, 2.05) is 13.8 Å². The van der Waals surface area contributed by atoms with Crippen molar-refractivity contribution in [3.8, 4) is 5.75 Å². The third-order valence-electron chi connectivity index (χ3n) is 3.63. The lowest BCUT2D eigenvalue weighted by atomic mass is 10.3. The second-order valence-electron chi connectivity index (χ2n) is 5.19. The Labute approximate surface area is 151 Å². The van der Waals surface area contributed by atoms with E-state index in [2.05, 4.69) is 9.71 Å². The molecule has 1 aromatic carbocycles. The molecule has 0 radical (unpaired) electrons. The summed E-state index contributed by atoms with van der Waals surface area (Å²) in [4.78, 5) is 18.8. The highest BCUT2D eigenvalue weighted by Gasteiger charge is 2.22. The molecule has 0 spiro atoms. The molecule has 1 N–H and O–H groups in total. The number of thiazole rings is 1. The van der Waals surface area contributed by atoms with E-state index in [4.69, 9.17) is 4.74 Å². The average Bonchev–Trinajstić information content (AvgIpc) is 2.95. The number of aryl methyl sites for hydroxylation is 1. The van der Waals surface area contributed by atoms with Gasteiger partial charge in [0.1, 0.15) is 10.6 Å². The molecule has 9 heteroatoms. The highest BCUT2D eigenvalue weighted by molar-refractivity contribution is 7.93. The van der Waals surface area contributed by atoms with E-state index in [1.165, 1.54) is 19.2 Å². The van der Waals surface area contributed by atoms with Gasteiger partial charge in [0, 0.05) is 13.1 Å². The Morgan fingerprint density at radius 2 is 1.84 bits per heavy atom. The quantitative estimate of drug-likeness (QED) is 0.794. The Kier molecular flexibility index (Phi) is 6.02. The van der Waals surface area contributed by atoms with Crippen LogP contribution in [-0.4, -0.2) is 44.4 Å². The van der Waals surface area contributed by atoms with Crippen molar-refractivity contribution in [2.45, 2.75) is 25.7 Å². The van der Waals surface area contributed by atoms with Crippen LogP contribution in [0.5, 0.6) is 5.75 Å². The molecule has 1 aromatic heterocycles. The molecule has 0 bridgehead atoms. The molecule has 25 heavy (non-hydrogen) atoms. The predicted octanol–water partition coefficient (Wildman–Crippen LogP) is 2.74. The standard InChI is InChI=1S/C16H21N3O4S2/c1-5-19(6-2)15(20)14-11(3)17-16(24-14)18-25(21,22)13-9-7-12(23-4)8-10-13/h7-10H,5-6H2,1-4H3,(H,17,18). The van der Waals surface area contributed by atoms with Crippen LogP contribution in [0.2, 0.25) is 0 Å². The van der Waals surface area contributed by atoms with E-state index >= 15 is 0 Å². The maximum absolute atomic E-state index is 12.5. The van der Waals surface area contributed by atoms with Crippen molar-refractivity contribution in [1.82, 2.24) is 9.88 Å². The number of ether oxygens (including phenoxy) is 1. The van der Waals surface area contributed by atoms with E-state index in [1.54, 1.807) is 24.0 Å². The number of amides is 1. The number of benzene rings is 1. The normalized spacial score (nSPS) is 11.2. The van der Waals surface area contributed by atoms with Crippen LogP contribution in [0.4, 0.5) is 5.13 Å². The number of hydrogen-bond acceptors (Lipinski definition) is 6. The smallest absolute Gasteiger partial charge is 0.265 e. The van der Waals surface area contributed by atoms with Crippen molar-refractivity contribution < 1.29 is 17.9 Å². The lowest BCUT2D eigenvalue weighted by Gasteiger charge is -2.17. The van der Waals surface area contributed by atoms with Crippen LogP contribution in [0.1, 0.15) is 29.2 Å². The summed E-state index contributed by atoms with van der Waals surface area (Å²) in [5, 5.41) is 0.170. The van der Waals surface area contributed by atoms with E-state index < -0.39 is 10.0 Å². The first-order valence-corrected chi connectivity index (χ1v) is 10.1. The molecule has 2 rings (SSSR count). The minimum atomic E-state index is -3.78. The number of carbonyl (C=O) groups excluding carboxylic acids is 1. The number of sulfonamides is 1. The summed E-state index contributed by atoms with van der Waals surface area (Å²) in [6, 6.07) is 6.03. The SMILES string of the molecule is CCN(CC)C(=O)c1sc(NS(=O)(=O)c2ccc(OC)cc2)nc1C. The minimum Gasteiger partial charge on any atom is -0.497 e. The Balaban J connectivity index is 2.25. The maximum atomic E-state index is 12.5. The molecule has 0 aliphatic carbocycles. The van der Waals surface area contributed by atoms with Crippen LogP contribution < -0.4 is 9.46 Å². The topological polar surface area (TPSA) is 88.6 Å². The van der Waals surface area contributed by atoms with Gasteiger partial charge in [-0.2, -0.15) is 0 Å². The Bertz CT molecular complexity index is 841. The summed E-state index contributed by atoms with van der Waals surface area (Å²) in [7, 11) is -2.27. The first kappa shape index (κ1) is 19.2. The molecular weight excluding hydrogens is 362 g/mol. The lowest BCUT2D eigenvalue weighted by molar-refractivity contribution is 0.0777. The molecular formula is C16H21N3O4S2. The van der Waals surface area contributed by atoms with E-state index in [-0.39, 0.29) is 15.9 Å². The van der Waals surface area contributed by atoms with E-state index in [0.717, 1.165) is 11.3 Å². The van der Waals surface area contributed by atoms with Gasteiger partial charge in [0.25, 0.3) is 15.9 Å². The van der Waals surface area contributed by atoms with E-state index in [9.17, 15) is 13.2 Å². The highest BCUT2D eigenvalue weighted by atomic mass is 32.2. The van der Waals surface area contributed by atoms with Gasteiger partial charge in [-0.3, -0.25) is 9.52 Å². The second-order valence-corrected chi connectivity index (χ2v) is 7.87. The van der Waals surface area contributed by atoms with Gasteiger partial charge in [0.2, 0.25) is 0 Å². The van der Waals surface area contributed by atoms with Crippen molar-refractivity contribution in [3.05, 3.63) is 34.8 Å². The Morgan fingerprint density at radius 1 is 1.24 bits per heavy atom. The van der Waals surface area contributed by atoms with Gasteiger partial charge in [-0.1, -0.05) is 11.3 Å². The first-order valence-electron chi connectivity index (χ1n) is 7.76. The number of nitrogens with zero attached hydrogens (tertiary/aromatic N) is 2. The fourth-order valence-electron chi connectivity index (χ4n) is 2.22. The van der Waals surface area contributed by atoms with Gasteiger partial charge < -0.3 is 9.64 Å². The number of aromatic nitrogens is 1. The zero-order valence-corrected chi connectivity index (χ0v) is 16.2. The molecule has 0 fully saturated rings. The van der Waals surface area contributed by atoms with Gasteiger partial charge in [0.15, 0.2) is 5.13 Å². The number of nitrogens with one attached hydrogen (secondary N) is 1. The largest absolute Gasteiger partial charge is 0.497 e. The van der Waals surface area contributed by atoms with Crippen molar-refractivity contribution in [2.75, 3.05) is 24.9 Å². The van der Waals surface area contributed by atoms with Gasteiger partial charge >= 0.3 is 0 Å². The van der Waals surface area contributed by atoms with Gasteiger partial charge in [-0.25, -0.2) is 13.4 Å². The molecule has 0 atom stereocenters. The third kappa shape index (κ3) is 4.29. The predicted molar refractivity (Wildman–Crippen MR) is 97.9 cm³/mol. The molecule has 0 aliphatic rings. The fourth-order valence-corrected chi connectivity index (χ4v) is 4.39. The summed E-state index contributed by atoms with van der Waals surface area (Å²) in [5.41, 5.74) is 0.509. The molecule has 0 aliphatic heterocycles. The molecule has 0 saturated carbocycles. The Morgan fingerprint density at radius 3 is 2.36 bits per heavy atom. The van der Waals surface area contributed by atoms with Crippen LogP contribution in [0.3, 0.4) is 0 Å². The van der Waals surface area contributed by atoms with Gasteiger partial charge in [0.05, 0.1) is 17.7 Å². The summed E-state index contributed by atoms with van der Waals surface area (Å²) >= 11 is 1.04. The van der Waals surface area contributed by atoms with Crippen LogP contribution in [0.25, 0.3) is 0 Å². The molecule has 2 aromatic rings. The van der Waals surface area contributed by atoms with Crippen LogP contribution in [0, 0.1) is 6.92 Å². The monoisotopic (exact) mass is 383 g/mol. The first-order chi connectivity index (χ1) is 11.8. The highest BCUT2D eigenvalue weighted by Crippen LogP contribution is 2.26. The van der Waals surface area contributed by atoms with Gasteiger partial charge in [-0.05, 0) is 45.0 Å². The average molecular weight is 383 g/mol. The second kappa shape index (κ2) is 7.83. The van der Waals surface area contributed by atoms with Crippen LogP contribution >= 0.6 is 11.3 Å². The molecule has 1 amide bonds. The maximum Gasteiger partial charge on any atom is 0.265 e. The number of rotatable bonds is 7. The molecule has 7 nitrogen and oxygen atoms in total. The van der Waals surface area contributed by atoms with Crippen molar-refractivity contribution in [1.29, 1.82) is 0 Å². The van der Waals surface area contributed by atoms with Crippen molar-refractivity contribution >= 4 is 32.4 Å². The summed E-state index contributed by atoms with van der Waals surface area (Å²) in [5.74, 6) is 0.422. The fraction of sp³-hybridized carbons (Fsp3) is 0.375. The van der Waals surface area contributed by atoms with Gasteiger partial charge in [-0.15, -0.1) is 0 Å². The number of hydrogen-bond donors (Lipinski definition) is 1. The molecule has 0 unspecified atom stereocenters. The zero-order valence-electron chi connectivity index (χ0n) is 14.6. The third-order valence-corrected chi connectivity index (χ3v) is 6.18. The van der Waals surface area contributed by atoms with Crippen LogP contribution in [0.15, 0.2) is 29.2 Å². The summed E-state index contributed by atoms with van der Waals surface area (Å²) in [6.45, 7) is 6.65. The Hall–Kier alpha value is -2.13. The number of anilines is 1. The molecule has 1 heterocycles. The minimum absolute atomic E-state index is 0.0952. The zero-order chi connectivity index (χ0) is 18.6. The van der Waals surface area contributed by atoms with Crippen LogP contribution in [-0.2, 0) is 10.0 Å². The number of methoxy groups -OCH3 is 1. The molecule has 136 valence electrons. The lowest BCUT2D eigenvalue weighted by Crippen LogP contribution is -2.30.